The summed E-state index contributed by atoms with van der Waals surface area (Å²) in [4.78, 5) is 14.4. The van der Waals surface area contributed by atoms with Crippen molar-refractivity contribution in [1.82, 2.24) is 15.6 Å². The summed E-state index contributed by atoms with van der Waals surface area (Å²) in [7, 11) is 0. The number of rotatable bonds is 9. The molecular weight excluding hydrogens is 380 g/mol. The Morgan fingerprint density at radius 3 is 2.73 bits per heavy atom. The second kappa shape index (κ2) is 11.0. The molecule has 5 nitrogen and oxygen atoms in total. The Morgan fingerprint density at radius 1 is 1.35 bits per heavy atom. The molecule has 0 spiro atoms. The molecule has 0 saturated carbocycles. The van der Waals surface area contributed by atoms with Crippen LogP contribution in [0.5, 0.6) is 11.6 Å². The van der Waals surface area contributed by atoms with Crippen molar-refractivity contribution in [3.63, 3.8) is 0 Å². The number of hydrogen-bond donors (Lipinski definition) is 2. The summed E-state index contributed by atoms with van der Waals surface area (Å²) in [6.07, 6.45) is 2.86. The molecule has 0 aliphatic heterocycles. The van der Waals surface area contributed by atoms with Crippen molar-refractivity contribution in [3.8, 4) is 11.6 Å². The van der Waals surface area contributed by atoms with E-state index in [9.17, 15) is 4.79 Å². The van der Waals surface area contributed by atoms with Gasteiger partial charge in [0.2, 0.25) is 12.3 Å². The van der Waals surface area contributed by atoms with Crippen LogP contribution in [0.4, 0.5) is 4.39 Å². The van der Waals surface area contributed by atoms with Crippen LogP contribution in [0.3, 0.4) is 0 Å². The van der Waals surface area contributed by atoms with Crippen molar-refractivity contribution in [2.45, 2.75) is 32.4 Å². The lowest BCUT2D eigenvalue weighted by Gasteiger charge is -2.24. The van der Waals surface area contributed by atoms with E-state index in [4.69, 9.17) is 16.3 Å². The van der Waals surface area contributed by atoms with Crippen LogP contribution in [0.2, 0.25) is 5.02 Å². The van der Waals surface area contributed by atoms with E-state index in [-0.39, 0.29) is 41.1 Å². The highest BCUT2D eigenvalue weighted by Crippen LogP contribution is 2.36. The van der Waals surface area contributed by atoms with Crippen LogP contribution in [-0.2, 0) is 4.79 Å². The molecule has 2 rings (SSSR count). The summed E-state index contributed by atoms with van der Waals surface area (Å²) in [5.74, 6) is -0.296. The average molecular weight is 402 g/mol. The average Bonchev–Trinajstić information content (AvgIpc) is 2.63. The molecule has 0 radical (unpaired) electrons. The molecule has 2 aromatic rings. The van der Waals surface area contributed by atoms with E-state index in [2.05, 4.69) is 15.6 Å². The van der Waals surface area contributed by atoms with Gasteiger partial charge in [-0.05, 0) is 25.5 Å². The van der Waals surface area contributed by atoms with Gasteiger partial charge in [-0.25, -0.2) is 9.37 Å². The number of halogens is 3. The van der Waals surface area contributed by atoms with Gasteiger partial charge in [-0.3, -0.25) is 4.79 Å². The number of aromatic nitrogens is 1. The molecule has 2 atom stereocenters. The Labute approximate surface area is 163 Å². The van der Waals surface area contributed by atoms with E-state index < -0.39 is 5.82 Å². The van der Waals surface area contributed by atoms with E-state index in [1.807, 2.05) is 13.8 Å². The minimum Gasteiger partial charge on any atom is -0.434 e. The number of carbonyl (C=O) groups excluding carboxylic acids is 1. The van der Waals surface area contributed by atoms with Crippen molar-refractivity contribution < 1.29 is 13.9 Å². The third kappa shape index (κ3) is 5.83. The van der Waals surface area contributed by atoms with Crippen molar-refractivity contribution in [1.29, 1.82) is 0 Å². The Kier molecular flexibility index (Phi) is 9.34. The topological polar surface area (TPSA) is 63.2 Å². The van der Waals surface area contributed by atoms with Crippen LogP contribution in [0.25, 0.3) is 0 Å². The molecule has 0 unspecified atom stereocenters. The predicted molar refractivity (Wildman–Crippen MR) is 103 cm³/mol. The normalized spacial score (nSPS) is 12.6. The summed E-state index contributed by atoms with van der Waals surface area (Å²) in [6, 6.07) is 8.10. The number of nitrogens with zero attached hydrogens (tertiary/aromatic N) is 1. The first-order valence-electron chi connectivity index (χ1n) is 8.06. The first kappa shape index (κ1) is 22.2. The van der Waals surface area contributed by atoms with Gasteiger partial charge in [0.15, 0.2) is 11.6 Å². The van der Waals surface area contributed by atoms with E-state index in [1.54, 1.807) is 36.5 Å². The number of nitrogens with one attached hydrogen (secondary N) is 2. The van der Waals surface area contributed by atoms with Crippen LogP contribution in [0, 0.1) is 5.82 Å². The minimum absolute atomic E-state index is 0. The first-order valence-corrected chi connectivity index (χ1v) is 8.44. The van der Waals surface area contributed by atoms with Crippen LogP contribution < -0.4 is 15.4 Å². The summed E-state index contributed by atoms with van der Waals surface area (Å²) < 4.78 is 20.6. The molecule has 2 N–H and O–H groups in total. The van der Waals surface area contributed by atoms with Crippen LogP contribution in [0.1, 0.15) is 31.9 Å². The zero-order valence-corrected chi connectivity index (χ0v) is 16.1. The predicted octanol–water partition coefficient (Wildman–Crippen LogP) is 4.26. The number of benzene rings is 1. The molecular formula is C18H22Cl2FN3O2. The maximum atomic E-state index is 15.0. The van der Waals surface area contributed by atoms with Crippen LogP contribution in [0.15, 0.2) is 36.5 Å². The fraction of sp³-hybridized carbons (Fsp3) is 0.333. The molecule has 0 saturated heterocycles. The zero-order chi connectivity index (χ0) is 18.2. The lowest BCUT2D eigenvalue weighted by Crippen LogP contribution is -2.38. The highest BCUT2D eigenvalue weighted by molar-refractivity contribution is 6.32. The van der Waals surface area contributed by atoms with E-state index in [0.717, 1.165) is 0 Å². The summed E-state index contributed by atoms with van der Waals surface area (Å²) in [5, 5.41) is 6.08. The molecule has 26 heavy (non-hydrogen) atoms. The largest absolute Gasteiger partial charge is 0.434 e. The SMILES string of the molecule is CC[C@@H](N[C@@H](C)CNC=O)c1ccc(Cl)c(Oc2ccccn2)c1F.Cl. The van der Waals surface area contributed by atoms with Gasteiger partial charge >= 0.3 is 0 Å². The van der Waals surface area contributed by atoms with Gasteiger partial charge in [-0.15, -0.1) is 12.4 Å². The highest BCUT2D eigenvalue weighted by atomic mass is 35.5. The second-order valence-electron chi connectivity index (χ2n) is 5.60. The van der Waals surface area contributed by atoms with E-state index in [0.29, 0.717) is 24.9 Å². The smallest absolute Gasteiger partial charge is 0.219 e. The molecule has 0 bridgehead atoms. The fourth-order valence-corrected chi connectivity index (χ4v) is 2.66. The second-order valence-corrected chi connectivity index (χ2v) is 6.01. The summed E-state index contributed by atoms with van der Waals surface area (Å²) in [5.41, 5.74) is 0.454. The number of pyridine rings is 1. The quantitative estimate of drug-likeness (QED) is 0.616. The number of carbonyl (C=O) groups is 1. The Bertz CT molecular complexity index is 704. The Morgan fingerprint density at radius 2 is 2.12 bits per heavy atom. The molecule has 1 amide bonds. The number of amides is 1. The molecule has 0 aliphatic rings. The van der Waals surface area contributed by atoms with Gasteiger partial charge < -0.3 is 15.4 Å². The molecule has 142 valence electrons. The fourth-order valence-electron chi connectivity index (χ4n) is 2.48. The minimum atomic E-state index is -0.520. The standard InChI is InChI=1S/C18H21ClFN3O2.ClH/c1-3-15(23-12(2)10-21-11-24)13-7-8-14(19)18(17(13)20)25-16-6-4-5-9-22-16;/h4-9,11-12,15,23H,3,10H2,1-2H3,(H,21,24);1H/t12-,15+;/m0./s1. The van der Waals surface area contributed by atoms with Crippen LogP contribution >= 0.6 is 24.0 Å². The number of hydrogen-bond acceptors (Lipinski definition) is 4. The maximum absolute atomic E-state index is 15.0. The van der Waals surface area contributed by atoms with Gasteiger partial charge in [-0.2, -0.15) is 0 Å². The van der Waals surface area contributed by atoms with Gasteiger partial charge in [0.1, 0.15) is 0 Å². The van der Waals surface area contributed by atoms with E-state index in [1.165, 1.54) is 0 Å². The third-order valence-electron chi connectivity index (χ3n) is 3.70. The zero-order valence-electron chi connectivity index (χ0n) is 14.5. The van der Waals surface area contributed by atoms with Crippen LogP contribution in [-0.4, -0.2) is 24.0 Å². The van der Waals surface area contributed by atoms with Gasteiger partial charge in [-0.1, -0.05) is 30.7 Å². The lowest BCUT2D eigenvalue weighted by atomic mass is 10.0. The number of ether oxygens (including phenoxy) is 1. The highest BCUT2D eigenvalue weighted by Gasteiger charge is 2.21. The van der Waals surface area contributed by atoms with Crippen molar-refractivity contribution in [3.05, 3.63) is 52.9 Å². The van der Waals surface area contributed by atoms with Gasteiger partial charge in [0, 0.05) is 36.5 Å². The van der Waals surface area contributed by atoms with Gasteiger partial charge in [0.25, 0.3) is 0 Å². The molecule has 1 aromatic carbocycles. The van der Waals surface area contributed by atoms with Crippen molar-refractivity contribution >= 4 is 30.4 Å². The Balaban J connectivity index is 0.00000338. The summed E-state index contributed by atoms with van der Waals surface area (Å²) in [6.45, 7) is 4.32. The molecule has 1 aromatic heterocycles. The molecule has 0 aliphatic carbocycles. The molecule has 8 heteroatoms. The lowest BCUT2D eigenvalue weighted by molar-refractivity contribution is -0.109. The Hall–Kier alpha value is -1.89. The first-order chi connectivity index (χ1) is 12.1. The van der Waals surface area contributed by atoms with Crippen molar-refractivity contribution in [2.24, 2.45) is 0 Å². The van der Waals surface area contributed by atoms with E-state index >= 15 is 4.39 Å². The maximum Gasteiger partial charge on any atom is 0.219 e. The molecule has 0 fully saturated rings. The molecule has 1 heterocycles. The monoisotopic (exact) mass is 401 g/mol. The van der Waals surface area contributed by atoms with Gasteiger partial charge in [0.05, 0.1) is 5.02 Å². The third-order valence-corrected chi connectivity index (χ3v) is 4.00. The van der Waals surface area contributed by atoms with Crippen molar-refractivity contribution in [2.75, 3.05) is 6.54 Å². The summed E-state index contributed by atoms with van der Waals surface area (Å²) >= 11 is 6.11.